The Balaban J connectivity index is 1.72. The maximum Gasteiger partial charge on any atom is 0.233 e. The van der Waals surface area contributed by atoms with Gasteiger partial charge in [0.15, 0.2) is 0 Å². The van der Waals surface area contributed by atoms with Gasteiger partial charge in [0.25, 0.3) is 0 Å². The van der Waals surface area contributed by atoms with E-state index >= 15 is 0 Å². The summed E-state index contributed by atoms with van der Waals surface area (Å²) < 4.78 is 0.895. The van der Waals surface area contributed by atoms with Gasteiger partial charge in [0.05, 0.1) is 5.41 Å². The Morgan fingerprint density at radius 1 is 1.43 bits per heavy atom. The zero-order valence-electron chi connectivity index (χ0n) is 11.7. The zero-order chi connectivity index (χ0) is 15.0. The van der Waals surface area contributed by atoms with Gasteiger partial charge in [-0.25, -0.2) is 0 Å². The van der Waals surface area contributed by atoms with Crippen LogP contribution in [0.25, 0.3) is 0 Å². The molecule has 1 unspecified atom stereocenters. The van der Waals surface area contributed by atoms with Crippen LogP contribution in [0, 0.1) is 5.92 Å². The van der Waals surface area contributed by atoms with Gasteiger partial charge in [0, 0.05) is 36.4 Å². The van der Waals surface area contributed by atoms with Crippen LogP contribution in [0.5, 0.6) is 0 Å². The highest BCUT2D eigenvalue weighted by Gasteiger charge is 2.54. The van der Waals surface area contributed by atoms with Gasteiger partial charge in [-0.1, -0.05) is 0 Å². The molecule has 1 saturated carbocycles. The first-order valence-electron chi connectivity index (χ1n) is 7.20. The van der Waals surface area contributed by atoms with E-state index in [-0.39, 0.29) is 17.7 Å². The largest absolute Gasteiger partial charge is 0.370 e. The maximum absolute atomic E-state index is 12.8. The number of carbonyl (C=O) groups is 2. The molecule has 1 aromatic rings. The SMILES string of the molecule is NC(=O)CC1CCN(C(=O)C2(c3cncc(Br)c3)CC2)C1. The van der Waals surface area contributed by atoms with Gasteiger partial charge < -0.3 is 10.6 Å². The molecule has 2 heterocycles. The van der Waals surface area contributed by atoms with Crippen LogP contribution >= 0.6 is 15.9 Å². The second kappa shape index (κ2) is 5.40. The van der Waals surface area contributed by atoms with E-state index in [0.29, 0.717) is 13.0 Å². The topological polar surface area (TPSA) is 76.3 Å². The standard InChI is InChI=1S/C15H18BrN3O2/c16-12-6-11(7-18-8-12)15(2-3-15)14(21)19-4-1-10(9-19)5-13(17)20/h6-8,10H,1-5,9H2,(H2,17,20). The first-order valence-corrected chi connectivity index (χ1v) is 7.99. The van der Waals surface area contributed by atoms with Gasteiger partial charge in [-0.3, -0.25) is 14.6 Å². The Morgan fingerprint density at radius 3 is 2.81 bits per heavy atom. The summed E-state index contributed by atoms with van der Waals surface area (Å²) in [5, 5.41) is 0. The van der Waals surface area contributed by atoms with Crippen LogP contribution in [0.4, 0.5) is 0 Å². The number of rotatable bonds is 4. The third-order valence-corrected chi connectivity index (χ3v) is 4.91. The van der Waals surface area contributed by atoms with E-state index < -0.39 is 5.41 Å². The molecule has 3 rings (SSSR count). The summed E-state index contributed by atoms with van der Waals surface area (Å²) in [6, 6.07) is 1.98. The third-order valence-electron chi connectivity index (χ3n) is 4.48. The van der Waals surface area contributed by atoms with E-state index in [1.807, 2.05) is 11.0 Å². The van der Waals surface area contributed by atoms with Crippen LogP contribution in [-0.2, 0) is 15.0 Å². The van der Waals surface area contributed by atoms with Crippen LogP contribution in [-0.4, -0.2) is 34.8 Å². The minimum Gasteiger partial charge on any atom is -0.370 e. The van der Waals surface area contributed by atoms with Crippen molar-refractivity contribution in [2.45, 2.75) is 31.1 Å². The molecule has 1 atom stereocenters. The van der Waals surface area contributed by atoms with Crippen LogP contribution < -0.4 is 5.73 Å². The van der Waals surface area contributed by atoms with E-state index in [2.05, 4.69) is 20.9 Å². The monoisotopic (exact) mass is 351 g/mol. The Labute approximate surface area is 132 Å². The first kappa shape index (κ1) is 14.5. The summed E-state index contributed by atoms with van der Waals surface area (Å²) in [6.07, 6.45) is 6.49. The van der Waals surface area contributed by atoms with E-state index in [1.165, 1.54) is 0 Å². The van der Waals surface area contributed by atoms with Crippen molar-refractivity contribution in [3.63, 3.8) is 0 Å². The number of primary amides is 1. The molecular weight excluding hydrogens is 334 g/mol. The smallest absolute Gasteiger partial charge is 0.233 e. The third kappa shape index (κ3) is 2.81. The Morgan fingerprint density at radius 2 is 2.19 bits per heavy atom. The fraction of sp³-hybridized carbons (Fsp3) is 0.533. The molecule has 0 radical (unpaired) electrons. The quantitative estimate of drug-likeness (QED) is 0.894. The molecule has 1 aliphatic carbocycles. The average Bonchev–Trinajstić information content (AvgIpc) is 3.12. The normalized spacial score (nSPS) is 23.1. The number of halogens is 1. The lowest BCUT2D eigenvalue weighted by Gasteiger charge is -2.23. The average molecular weight is 352 g/mol. The summed E-state index contributed by atoms with van der Waals surface area (Å²) in [7, 11) is 0. The van der Waals surface area contributed by atoms with Crippen LogP contribution in [0.15, 0.2) is 22.9 Å². The molecule has 1 aromatic heterocycles. The Hall–Kier alpha value is -1.43. The van der Waals surface area contributed by atoms with Crippen molar-refractivity contribution in [3.05, 3.63) is 28.5 Å². The van der Waals surface area contributed by atoms with Crippen molar-refractivity contribution in [2.75, 3.05) is 13.1 Å². The van der Waals surface area contributed by atoms with Gasteiger partial charge in [0.2, 0.25) is 11.8 Å². The lowest BCUT2D eigenvalue weighted by Crippen LogP contribution is -2.38. The van der Waals surface area contributed by atoms with Gasteiger partial charge in [-0.15, -0.1) is 0 Å². The van der Waals surface area contributed by atoms with E-state index in [1.54, 1.807) is 12.4 Å². The predicted octanol–water partition coefficient (Wildman–Crippen LogP) is 1.60. The minimum atomic E-state index is -0.390. The fourth-order valence-electron chi connectivity index (χ4n) is 3.20. The van der Waals surface area contributed by atoms with Gasteiger partial charge >= 0.3 is 0 Å². The van der Waals surface area contributed by atoms with Crippen molar-refractivity contribution in [3.8, 4) is 0 Å². The van der Waals surface area contributed by atoms with Crippen molar-refractivity contribution in [1.82, 2.24) is 9.88 Å². The molecule has 21 heavy (non-hydrogen) atoms. The van der Waals surface area contributed by atoms with Gasteiger partial charge in [-0.2, -0.15) is 0 Å². The van der Waals surface area contributed by atoms with Crippen molar-refractivity contribution in [2.24, 2.45) is 11.7 Å². The van der Waals surface area contributed by atoms with E-state index in [4.69, 9.17) is 5.73 Å². The van der Waals surface area contributed by atoms with Gasteiger partial charge in [-0.05, 0) is 52.7 Å². The number of nitrogens with two attached hydrogens (primary N) is 1. The predicted molar refractivity (Wildman–Crippen MR) is 81.3 cm³/mol. The summed E-state index contributed by atoms with van der Waals surface area (Å²) in [5.41, 5.74) is 5.84. The van der Waals surface area contributed by atoms with Crippen LogP contribution in [0.1, 0.15) is 31.2 Å². The van der Waals surface area contributed by atoms with Crippen molar-refractivity contribution < 1.29 is 9.59 Å². The number of nitrogens with zero attached hydrogens (tertiary/aromatic N) is 2. The molecule has 1 saturated heterocycles. The number of hydrogen-bond acceptors (Lipinski definition) is 3. The lowest BCUT2D eigenvalue weighted by molar-refractivity contribution is -0.133. The minimum absolute atomic E-state index is 0.175. The summed E-state index contributed by atoms with van der Waals surface area (Å²) in [4.78, 5) is 29.9. The second-order valence-corrected chi connectivity index (χ2v) is 6.97. The highest BCUT2D eigenvalue weighted by molar-refractivity contribution is 9.10. The number of aromatic nitrogens is 1. The molecule has 2 aliphatic rings. The summed E-state index contributed by atoms with van der Waals surface area (Å²) in [5.74, 6) is 0.101. The first-order chi connectivity index (χ1) is 10.0. The Kier molecular flexibility index (Phi) is 3.73. The highest BCUT2D eigenvalue weighted by Crippen LogP contribution is 2.50. The van der Waals surface area contributed by atoms with Crippen LogP contribution in [0.2, 0.25) is 0 Å². The number of likely N-dealkylation sites (tertiary alicyclic amines) is 1. The number of carbonyl (C=O) groups excluding carboxylic acids is 2. The second-order valence-electron chi connectivity index (χ2n) is 6.05. The molecule has 0 aromatic carbocycles. The van der Waals surface area contributed by atoms with E-state index in [9.17, 15) is 9.59 Å². The highest BCUT2D eigenvalue weighted by atomic mass is 79.9. The van der Waals surface area contributed by atoms with E-state index in [0.717, 1.165) is 35.8 Å². The fourth-order valence-corrected chi connectivity index (χ4v) is 3.56. The number of pyridine rings is 1. The maximum atomic E-state index is 12.8. The van der Waals surface area contributed by atoms with Crippen LogP contribution in [0.3, 0.4) is 0 Å². The van der Waals surface area contributed by atoms with Crippen molar-refractivity contribution in [1.29, 1.82) is 0 Å². The molecule has 2 N–H and O–H groups in total. The lowest BCUT2D eigenvalue weighted by atomic mass is 9.96. The van der Waals surface area contributed by atoms with Crippen molar-refractivity contribution >= 4 is 27.7 Å². The zero-order valence-corrected chi connectivity index (χ0v) is 13.3. The molecule has 2 fully saturated rings. The number of amides is 2. The summed E-state index contributed by atoms with van der Waals surface area (Å²) in [6.45, 7) is 1.37. The Bertz CT molecular complexity index is 586. The molecule has 0 bridgehead atoms. The molecule has 6 heteroatoms. The molecule has 112 valence electrons. The molecule has 5 nitrogen and oxygen atoms in total. The number of hydrogen-bond donors (Lipinski definition) is 1. The summed E-state index contributed by atoms with van der Waals surface area (Å²) >= 11 is 3.41. The molecule has 2 amide bonds. The molecule has 1 aliphatic heterocycles. The van der Waals surface area contributed by atoms with Gasteiger partial charge in [0.1, 0.15) is 0 Å². The molecular formula is C15H18BrN3O2. The molecule has 0 spiro atoms.